The Kier molecular flexibility index (Phi) is 2.73. The minimum atomic E-state index is -0.796. The number of benzene rings is 1. The fourth-order valence-electron chi connectivity index (χ4n) is 1.46. The summed E-state index contributed by atoms with van der Waals surface area (Å²) >= 11 is 3.36. The van der Waals surface area contributed by atoms with Crippen LogP contribution >= 0.6 is 15.9 Å². The molecule has 0 unspecified atom stereocenters. The van der Waals surface area contributed by atoms with Crippen molar-refractivity contribution in [2.24, 2.45) is 0 Å². The molecule has 5 heteroatoms. The number of carbonyl (C=O) groups is 1. The summed E-state index contributed by atoms with van der Waals surface area (Å²) in [6.45, 7) is 0. The van der Waals surface area contributed by atoms with Crippen molar-refractivity contribution >= 4 is 32.8 Å². The van der Waals surface area contributed by atoms with Crippen LogP contribution in [0.15, 0.2) is 22.7 Å². The Bertz CT molecular complexity index is 507. The maximum atomic E-state index is 10.4. The van der Waals surface area contributed by atoms with Crippen molar-refractivity contribution in [3.05, 3.63) is 28.4 Å². The van der Waals surface area contributed by atoms with Gasteiger partial charge >= 0.3 is 5.97 Å². The molecule has 1 aromatic heterocycles. The van der Waals surface area contributed by atoms with E-state index in [4.69, 9.17) is 5.11 Å². The molecule has 0 aliphatic heterocycles. The molecule has 1 aromatic carbocycles. The third-order valence-corrected chi connectivity index (χ3v) is 2.68. The zero-order valence-corrected chi connectivity index (χ0v) is 9.41. The van der Waals surface area contributed by atoms with Crippen LogP contribution in [0.25, 0.3) is 10.9 Å². The van der Waals surface area contributed by atoms with E-state index in [1.807, 2.05) is 18.2 Å². The largest absolute Gasteiger partial charge is 0.481 e. The summed E-state index contributed by atoms with van der Waals surface area (Å²) in [4.78, 5) is 10.4. The average molecular weight is 269 g/mol. The molecule has 0 saturated carbocycles. The Morgan fingerprint density at radius 3 is 3.07 bits per heavy atom. The smallest absolute Gasteiger partial charge is 0.303 e. The Balaban J connectivity index is 2.32. The number of halogens is 1. The van der Waals surface area contributed by atoms with Crippen molar-refractivity contribution in [3.63, 3.8) is 0 Å². The number of carboxylic acid groups (broad SMARTS) is 1. The average Bonchev–Trinajstić information content (AvgIpc) is 2.57. The fraction of sp³-hybridized carbons (Fsp3) is 0.200. The normalized spacial score (nSPS) is 10.7. The molecule has 2 rings (SSSR count). The summed E-state index contributed by atoms with van der Waals surface area (Å²) in [5, 5.41) is 16.5. The lowest BCUT2D eigenvalue weighted by Crippen LogP contribution is -1.97. The summed E-state index contributed by atoms with van der Waals surface area (Å²) < 4.78 is 0.964. The number of nitrogens with zero attached hydrogens (tertiary/aromatic N) is 1. The minimum Gasteiger partial charge on any atom is -0.481 e. The number of aryl methyl sites for hydroxylation is 1. The van der Waals surface area contributed by atoms with Crippen molar-refractivity contribution in [3.8, 4) is 0 Å². The number of aliphatic carboxylic acids is 1. The van der Waals surface area contributed by atoms with E-state index in [-0.39, 0.29) is 6.42 Å². The molecule has 0 atom stereocenters. The Labute approximate surface area is 94.4 Å². The quantitative estimate of drug-likeness (QED) is 0.898. The van der Waals surface area contributed by atoms with Gasteiger partial charge in [0.15, 0.2) is 0 Å². The molecule has 0 bridgehead atoms. The van der Waals surface area contributed by atoms with Gasteiger partial charge in [0.1, 0.15) is 0 Å². The molecule has 1 heterocycles. The van der Waals surface area contributed by atoms with Crippen LogP contribution in [-0.4, -0.2) is 21.3 Å². The molecular weight excluding hydrogens is 260 g/mol. The highest BCUT2D eigenvalue weighted by atomic mass is 79.9. The molecule has 0 radical (unpaired) electrons. The van der Waals surface area contributed by atoms with E-state index in [1.54, 1.807) is 0 Å². The van der Waals surface area contributed by atoms with E-state index in [0.717, 1.165) is 21.1 Å². The van der Waals surface area contributed by atoms with Crippen LogP contribution in [0.4, 0.5) is 0 Å². The van der Waals surface area contributed by atoms with Crippen molar-refractivity contribution in [2.45, 2.75) is 12.8 Å². The van der Waals surface area contributed by atoms with Gasteiger partial charge in [0, 0.05) is 22.0 Å². The van der Waals surface area contributed by atoms with Crippen LogP contribution < -0.4 is 0 Å². The van der Waals surface area contributed by atoms with Gasteiger partial charge in [-0.2, -0.15) is 5.10 Å². The predicted octanol–water partition coefficient (Wildman–Crippen LogP) is 2.34. The number of hydrogen-bond acceptors (Lipinski definition) is 2. The molecule has 0 saturated heterocycles. The van der Waals surface area contributed by atoms with E-state index in [9.17, 15) is 4.79 Å². The maximum Gasteiger partial charge on any atom is 0.303 e. The topological polar surface area (TPSA) is 66.0 Å². The molecule has 0 spiro atoms. The Morgan fingerprint density at radius 1 is 1.53 bits per heavy atom. The molecule has 0 fully saturated rings. The van der Waals surface area contributed by atoms with Crippen molar-refractivity contribution in [1.82, 2.24) is 10.2 Å². The van der Waals surface area contributed by atoms with Gasteiger partial charge in [-0.15, -0.1) is 0 Å². The second kappa shape index (κ2) is 4.02. The van der Waals surface area contributed by atoms with E-state index < -0.39 is 5.97 Å². The van der Waals surface area contributed by atoms with Crippen molar-refractivity contribution < 1.29 is 9.90 Å². The van der Waals surface area contributed by atoms with Crippen LogP contribution in [0.2, 0.25) is 0 Å². The van der Waals surface area contributed by atoms with Crippen molar-refractivity contribution in [2.75, 3.05) is 0 Å². The number of hydrogen-bond donors (Lipinski definition) is 2. The van der Waals surface area contributed by atoms with Gasteiger partial charge in [-0.05, 0) is 18.2 Å². The van der Waals surface area contributed by atoms with Crippen molar-refractivity contribution in [1.29, 1.82) is 0 Å². The van der Waals surface area contributed by atoms with E-state index in [0.29, 0.717) is 6.42 Å². The molecule has 0 aliphatic rings. The molecule has 2 aromatic rings. The standard InChI is InChI=1S/C10H9BrN2O2/c11-6-1-2-7-8(3-4-10(14)15)12-13-9(7)5-6/h1-2,5H,3-4H2,(H,12,13)(H,14,15). The summed E-state index contributed by atoms with van der Waals surface area (Å²) in [7, 11) is 0. The van der Waals surface area contributed by atoms with E-state index in [2.05, 4.69) is 26.1 Å². The van der Waals surface area contributed by atoms with Gasteiger partial charge < -0.3 is 5.11 Å². The zero-order chi connectivity index (χ0) is 10.8. The fourth-order valence-corrected chi connectivity index (χ4v) is 1.81. The highest BCUT2D eigenvalue weighted by Gasteiger charge is 2.07. The highest BCUT2D eigenvalue weighted by molar-refractivity contribution is 9.10. The summed E-state index contributed by atoms with van der Waals surface area (Å²) in [6.07, 6.45) is 0.598. The number of rotatable bonds is 3. The van der Waals surface area contributed by atoms with Gasteiger partial charge in [0.2, 0.25) is 0 Å². The summed E-state index contributed by atoms with van der Waals surface area (Å²) in [5.74, 6) is -0.796. The van der Waals surface area contributed by atoms with Gasteiger partial charge in [-0.25, -0.2) is 0 Å². The first kappa shape index (κ1) is 10.2. The number of aromatic amines is 1. The third-order valence-electron chi connectivity index (χ3n) is 2.19. The lowest BCUT2D eigenvalue weighted by molar-refractivity contribution is -0.136. The summed E-state index contributed by atoms with van der Waals surface area (Å²) in [5.41, 5.74) is 1.73. The highest BCUT2D eigenvalue weighted by Crippen LogP contribution is 2.21. The molecular formula is C10H9BrN2O2. The van der Waals surface area contributed by atoms with Crippen LogP contribution in [0.3, 0.4) is 0 Å². The second-order valence-electron chi connectivity index (χ2n) is 3.26. The second-order valence-corrected chi connectivity index (χ2v) is 4.17. The third kappa shape index (κ3) is 2.18. The number of H-pyrrole nitrogens is 1. The first-order valence-corrected chi connectivity index (χ1v) is 5.30. The number of carboxylic acids is 1. The Morgan fingerprint density at radius 2 is 2.33 bits per heavy atom. The molecule has 15 heavy (non-hydrogen) atoms. The minimum absolute atomic E-state index is 0.118. The Hall–Kier alpha value is -1.36. The number of fused-ring (bicyclic) bond motifs is 1. The first-order chi connectivity index (χ1) is 7.16. The number of nitrogens with one attached hydrogen (secondary N) is 1. The first-order valence-electron chi connectivity index (χ1n) is 4.51. The van der Waals surface area contributed by atoms with Gasteiger partial charge in [0.25, 0.3) is 0 Å². The lowest BCUT2D eigenvalue weighted by atomic mass is 10.1. The monoisotopic (exact) mass is 268 g/mol. The van der Waals surface area contributed by atoms with E-state index in [1.165, 1.54) is 0 Å². The molecule has 4 nitrogen and oxygen atoms in total. The maximum absolute atomic E-state index is 10.4. The van der Waals surface area contributed by atoms with Crippen LogP contribution in [-0.2, 0) is 11.2 Å². The van der Waals surface area contributed by atoms with Crippen LogP contribution in [0.1, 0.15) is 12.1 Å². The van der Waals surface area contributed by atoms with Gasteiger partial charge in [-0.3, -0.25) is 9.89 Å². The predicted molar refractivity (Wildman–Crippen MR) is 59.8 cm³/mol. The number of aromatic nitrogens is 2. The zero-order valence-electron chi connectivity index (χ0n) is 7.83. The molecule has 78 valence electrons. The molecule has 0 aliphatic carbocycles. The lowest BCUT2D eigenvalue weighted by Gasteiger charge is -1.95. The van der Waals surface area contributed by atoms with Gasteiger partial charge in [-0.1, -0.05) is 15.9 Å². The molecule has 0 amide bonds. The van der Waals surface area contributed by atoms with Crippen LogP contribution in [0, 0.1) is 0 Å². The SMILES string of the molecule is O=C(O)CCc1[nH]nc2cc(Br)ccc12. The summed E-state index contributed by atoms with van der Waals surface area (Å²) in [6, 6.07) is 5.75. The van der Waals surface area contributed by atoms with E-state index >= 15 is 0 Å². The molecule has 2 N–H and O–H groups in total. The van der Waals surface area contributed by atoms with Gasteiger partial charge in [0.05, 0.1) is 11.9 Å². The van der Waals surface area contributed by atoms with Crippen LogP contribution in [0.5, 0.6) is 0 Å².